The van der Waals surface area contributed by atoms with E-state index in [1.54, 1.807) is 24.3 Å². The minimum absolute atomic E-state index is 0.120. The number of hydrogen-bond donors (Lipinski definition) is 2. The summed E-state index contributed by atoms with van der Waals surface area (Å²) in [5.74, 6) is 0. The van der Waals surface area contributed by atoms with Gasteiger partial charge in [0.1, 0.15) is 0 Å². The van der Waals surface area contributed by atoms with Crippen LogP contribution in [0.1, 0.15) is 13.8 Å². The highest BCUT2D eigenvalue weighted by Crippen LogP contribution is 2.14. The molecule has 2 rings (SSSR count). The first kappa shape index (κ1) is 16.1. The Morgan fingerprint density at radius 1 is 1.00 bits per heavy atom. The third kappa shape index (κ3) is 7.44. The SMILES string of the molecule is CC(C)NC(=O)Nc1cccc(Cl)c1.c1ccccc1. The van der Waals surface area contributed by atoms with Crippen molar-refractivity contribution >= 4 is 23.3 Å². The Bertz CT molecular complexity index is 488. The van der Waals surface area contributed by atoms with Gasteiger partial charge in [0.25, 0.3) is 0 Å². The molecular weight excluding hydrogens is 272 g/mol. The third-order valence-corrected chi connectivity index (χ3v) is 2.40. The number of rotatable bonds is 2. The van der Waals surface area contributed by atoms with Gasteiger partial charge in [-0.2, -0.15) is 0 Å². The van der Waals surface area contributed by atoms with Crippen molar-refractivity contribution in [2.75, 3.05) is 5.32 Å². The van der Waals surface area contributed by atoms with Crippen molar-refractivity contribution < 1.29 is 4.79 Å². The summed E-state index contributed by atoms with van der Waals surface area (Å²) >= 11 is 5.76. The fourth-order valence-electron chi connectivity index (χ4n) is 1.38. The lowest BCUT2D eigenvalue weighted by Gasteiger charge is -2.09. The first-order valence-corrected chi connectivity index (χ1v) is 6.79. The molecule has 4 heteroatoms. The molecule has 0 aliphatic heterocycles. The quantitative estimate of drug-likeness (QED) is 0.836. The summed E-state index contributed by atoms with van der Waals surface area (Å²) in [5, 5.41) is 6.00. The Labute approximate surface area is 125 Å². The summed E-state index contributed by atoms with van der Waals surface area (Å²) in [6.07, 6.45) is 0. The van der Waals surface area contributed by atoms with E-state index in [2.05, 4.69) is 10.6 Å². The summed E-state index contributed by atoms with van der Waals surface area (Å²) in [6, 6.07) is 18.9. The van der Waals surface area contributed by atoms with E-state index in [1.165, 1.54) is 0 Å². The monoisotopic (exact) mass is 290 g/mol. The molecular formula is C16H19ClN2O. The van der Waals surface area contributed by atoms with Gasteiger partial charge in [-0.1, -0.05) is 54.1 Å². The zero-order valence-corrected chi connectivity index (χ0v) is 12.4. The molecule has 20 heavy (non-hydrogen) atoms. The van der Waals surface area contributed by atoms with Crippen LogP contribution in [0.4, 0.5) is 10.5 Å². The standard InChI is InChI=1S/C10H13ClN2O.C6H6/c1-7(2)12-10(14)13-9-5-3-4-8(11)6-9;1-2-4-6-5-3-1/h3-7H,1-2H3,(H2,12,13,14);1-6H. The molecule has 0 spiro atoms. The molecule has 106 valence electrons. The molecule has 0 aliphatic rings. The third-order valence-electron chi connectivity index (χ3n) is 2.17. The Balaban J connectivity index is 0.000000276. The topological polar surface area (TPSA) is 41.1 Å². The van der Waals surface area contributed by atoms with Gasteiger partial charge >= 0.3 is 6.03 Å². The van der Waals surface area contributed by atoms with E-state index >= 15 is 0 Å². The molecule has 3 nitrogen and oxygen atoms in total. The Morgan fingerprint density at radius 2 is 1.55 bits per heavy atom. The number of urea groups is 1. The zero-order chi connectivity index (χ0) is 14.8. The van der Waals surface area contributed by atoms with Gasteiger partial charge in [0.05, 0.1) is 0 Å². The van der Waals surface area contributed by atoms with Gasteiger partial charge < -0.3 is 10.6 Å². The minimum Gasteiger partial charge on any atom is -0.336 e. The average Bonchev–Trinajstić information content (AvgIpc) is 2.40. The first-order chi connectivity index (χ1) is 9.58. The maximum atomic E-state index is 11.3. The molecule has 0 saturated heterocycles. The van der Waals surface area contributed by atoms with E-state index in [1.807, 2.05) is 50.2 Å². The van der Waals surface area contributed by atoms with Crippen molar-refractivity contribution in [3.8, 4) is 0 Å². The molecule has 0 radical (unpaired) electrons. The number of carbonyl (C=O) groups is 1. The number of carbonyl (C=O) groups excluding carboxylic acids is 1. The Kier molecular flexibility index (Phi) is 7.22. The molecule has 2 aromatic carbocycles. The van der Waals surface area contributed by atoms with Crippen LogP contribution < -0.4 is 10.6 Å². The van der Waals surface area contributed by atoms with Crippen LogP contribution in [0.3, 0.4) is 0 Å². The van der Waals surface area contributed by atoms with Gasteiger partial charge in [-0.3, -0.25) is 0 Å². The van der Waals surface area contributed by atoms with Gasteiger partial charge in [-0.15, -0.1) is 0 Å². The molecule has 0 saturated carbocycles. The lowest BCUT2D eigenvalue weighted by Crippen LogP contribution is -2.34. The van der Waals surface area contributed by atoms with Crippen LogP contribution >= 0.6 is 11.6 Å². The molecule has 2 N–H and O–H groups in total. The van der Waals surface area contributed by atoms with Crippen LogP contribution in [0.5, 0.6) is 0 Å². The van der Waals surface area contributed by atoms with Gasteiger partial charge in [-0.25, -0.2) is 4.79 Å². The van der Waals surface area contributed by atoms with Crippen LogP contribution in [0, 0.1) is 0 Å². The van der Waals surface area contributed by atoms with Gasteiger partial charge in [-0.05, 0) is 32.0 Å². The highest BCUT2D eigenvalue weighted by molar-refractivity contribution is 6.30. The lowest BCUT2D eigenvalue weighted by molar-refractivity contribution is 0.250. The minimum atomic E-state index is -0.220. The molecule has 0 fully saturated rings. The zero-order valence-electron chi connectivity index (χ0n) is 11.6. The van der Waals surface area contributed by atoms with Crippen molar-refractivity contribution in [2.45, 2.75) is 19.9 Å². The van der Waals surface area contributed by atoms with Crippen molar-refractivity contribution in [1.29, 1.82) is 0 Å². The average molecular weight is 291 g/mol. The second kappa shape index (κ2) is 8.99. The van der Waals surface area contributed by atoms with Crippen molar-refractivity contribution in [3.63, 3.8) is 0 Å². The number of halogens is 1. The molecule has 0 atom stereocenters. The van der Waals surface area contributed by atoms with Crippen molar-refractivity contribution in [3.05, 3.63) is 65.7 Å². The fraction of sp³-hybridized carbons (Fsp3) is 0.188. The summed E-state index contributed by atoms with van der Waals surface area (Å²) in [5.41, 5.74) is 0.690. The number of benzene rings is 2. The smallest absolute Gasteiger partial charge is 0.319 e. The largest absolute Gasteiger partial charge is 0.336 e. The fourth-order valence-corrected chi connectivity index (χ4v) is 1.57. The van der Waals surface area contributed by atoms with Gasteiger partial charge in [0.15, 0.2) is 0 Å². The van der Waals surface area contributed by atoms with E-state index in [0.29, 0.717) is 10.7 Å². The summed E-state index contributed by atoms with van der Waals surface area (Å²) in [4.78, 5) is 11.3. The van der Waals surface area contributed by atoms with Crippen LogP contribution in [0.2, 0.25) is 5.02 Å². The Hall–Kier alpha value is -2.00. The summed E-state index contributed by atoms with van der Waals surface area (Å²) in [7, 11) is 0. The van der Waals surface area contributed by atoms with E-state index in [4.69, 9.17) is 11.6 Å². The molecule has 0 heterocycles. The predicted octanol–water partition coefficient (Wildman–Crippen LogP) is 4.56. The molecule has 0 bridgehead atoms. The van der Waals surface area contributed by atoms with Crippen LogP contribution in [0.15, 0.2) is 60.7 Å². The normalized spacial score (nSPS) is 9.40. The molecule has 0 unspecified atom stereocenters. The lowest BCUT2D eigenvalue weighted by atomic mass is 10.3. The maximum absolute atomic E-state index is 11.3. The molecule has 0 aliphatic carbocycles. The number of nitrogens with one attached hydrogen (secondary N) is 2. The highest BCUT2D eigenvalue weighted by atomic mass is 35.5. The number of anilines is 1. The Morgan fingerprint density at radius 3 is 2.00 bits per heavy atom. The summed E-state index contributed by atoms with van der Waals surface area (Å²) < 4.78 is 0. The number of amides is 2. The van der Waals surface area contributed by atoms with E-state index in [9.17, 15) is 4.79 Å². The number of hydrogen-bond acceptors (Lipinski definition) is 1. The molecule has 2 amide bonds. The maximum Gasteiger partial charge on any atom is 0.319 e. The van der Waals surface area contributed by atoms with Crippen LogP contribution in [0.25, 0.3) is 0 Å². The second-order valence-corrected chi connectivity index (χ2v) is 4.85. The molecule has 2 aromatic rings. The van der Waals surface area contributed by atoms with Crippen LogP contribution in [-0.2, 0) is 0 Å². The predicted molar refractivity (Wildman–Crippen MR) is 85.2 cm³/mol. The second-order valence-electron chi connectivity index (χ2n) is 4.42. The highest BCUT2D eigenvalue weighted by Gasteiger charge is 2.02. The summed E-state index contributed by atoms with van der Waals surface area (Å²) in [6.45, 7) is 3.80. The van der Waals surface area contributed by atoms with Gasteiger partial charge in [0.2, 0.25) is 0 Å². The van der Waals surface area contributed by atoms with Crippen molar-refractivity contribution in [1.82, 2.24) is 5.32 Å². The van der Waals surface area contributed by atoms with Crippen LogP contribution in [-0.4, -0.2) is 12.1 Å². The van der Waals surface area contributed by atoms with Crippen molar-refractivity contribution in [2.24, 2.45) is 0 Å². The molecule has 0 aromatic heterocycles. The van der Waals surface area contributed by atoms with E-state index in [-0.39, 0.29) is 12.1 Å². The van der Waals surface area contributed by atoms with E-state index in [0.717, 1.165) is 0 Å². The van der Waals surface area contributed by atoms with Gasteiger partial charge in [0, 0.05) is 16.8 Å². The first-order valence-electron chi connectivity index (χ1n) is 6.41. The van der Waals surface area contributed by atoms with E-state index < -0.39 is 0 Å².